The van der Waals surface area contributed by atoms with Crippen LogP contribution in [0.2, 0.25) is 0 Å². The van der Waals surface area contributed by atoms with E-state index in [1.54, 1.807) is 38.1 Å². The van der Waals surface area contributed by atoms with E-state index < -0.39 is 17.9 Å². The van der Waals surface area contributed by atoms with Crippen LogP contribution >= 0.6 is 0 Å². The van der Waals surface area contributed by atoms with Gasteiger partial charge in [0, 0.05) is 23.6 Å². The number of ether oxygens (including phenoxy) is 1. The molecular formula is C33H42N4O6. The van der Waals surface area contributed by atoms with Crippen molar-refractivity contribution in [3.63, 3.8) is 0 Å². The van der Waals surface area contributed by atoms with Gasteiger partial charge in [-0.1, -0.05) is 24.3 Å². The van der Waals surface area contributed by atoms with Gasteiger partial charge in [0.05, 0.1) is 23.2 Å². The van der Waals surface area contributed by atoms with Gasteiger partial charge >= 0.3 is 18.0 Å². The highest BCUT2D eigenvalue weighted by Gasteiger charge is 2.36. The van der Waals surface area contributed by atoms with Gasteiger partial charge in [0.15, 0.2) is 0 Å². The van der Waals surface area contributed by atoms with Crippen molar-refractivity contribution < 1.29 is 29.3 Å². The summed E-state index contributed by atoms with van der Waals surface area (Å²) in [6.45, 7) is 10.7. The van der Waals surface area contributed by atoms with E-state index in [0.717, 1.165) is 44.6 Å². The van der Waals surface area contributed by atoms with Gasteiger partial charge in [-0.2, -0.15) is 0 Å². The van der Waals surface area contributed by atoms with Crippen LogP contribution in [-0.2, 0) is 9.59 Å². The predicted molar refractivity (Wildman–Crippen MR) is 165 cm³/mol. The van der Waals surface area contributed by atoms with Crippen LogP contribution < -0.4 is 20.7 Å². The Balaban J connectivity index is 1.26. The highest BCUT2D eigenvalue weighted by molar-refractivity contribution is 5.98. The van der Waals surface area contributed by atoms with Crippen LogP contribution in [0.3, 0.4) is 0 Å². The van der Waals surface area contributed by atoms with E-state index in [4.69, 9.17) is 4.74 Å². The number of rotatable bonds is 11. The molecule has 2 aliphatic rings. The zero-order chi connectivity index (χ0) is 31.1. The van der Waals surface area contributed by atoms with E-state index >= 15 is 0 Å². The Morgan fingerprint density at radius 2 is 1.58 bits per heavy atom. The Kier molecular flexibility index (Phi) is 10.5. The number of carboxylic acid groups (broad SMARTS) is 2. The lowest BCUT2D eigenvalue weighted by molar-refractivity contribution is -0.133. The van der Waals surface area contributed by atoms with E-state index in [1.165, 1.54) is 5.56 Å². The fourth-order valence-corrected chi connectivity index (χ4v) is 5.97. The molecule has 230 valence electrons. The van der Waals surface area contributed by atoms with Gasteiger partial charge in [0.1, 0.15) is 5.75 Å². The first-order chi connectivity index (χ1) is 20.5. The maximum absolute atomic E-state index is 12.6. The molecule has 1 fully saturated rings. The average molecular weight is 591 g/mol. The van der Waals surface area contributed by atoms with Crippen molar-refractivity contribution in [3.8, 4) is 5.75 Å². The molecule has 2 amide bonds. The number of amides is 2. The number of dihydropyridines is 1. The number of nitrogens with zero attached hydrogens (tertiary/aromatic N) is 1. The average Bonchev–Trinajstić information content (AvgIpc) is 2.94. The molecule has 0 aliphatic carbocycles. The van der Waals surface area contributed by atoms with Gasteiger partial charge in [-0.25, -0.2) is 14.4 Å². The Morgan fingerprint density at radius 1 is 0.953 bits per heavy atom. The standard InChI is InChI=1S/C33H42N4O6/c1-20(2)43-27-11-6-8-24(19-27)23-12-16-37(17-13-23)15-7-14-34-33(42)36-26-10-5-9-25(18-26)30-28(31(38)39)21(3)35-22(4)29(30)32(40)41/h5-6,8-11,18-20,23,30,35H,7,12-17H2,1-4H3,(H,38,39)(H,40,41)(H2,34,36,42). The largest absolute Gasteiger partial charge is 0.491 e. The number of nitrogens with one attached hydrogen (secondary N) is 3. The maximum Gasteiger partial charge on any atom is 0.334 e. The first kappa shape index (κ1) is 31.6. The molecule has 43 heavy (non-hydrogen) atoms. The highest BCUT2D eigenvalue weighted by atomic mass is 16.5. The summed E-state index contributed by atoms with van der Waals surface area (Å²) in [5, 5.41) is 28.3. The number of allylic oxidation sites excluding steroid dienone is 2. The minimum atomic E-state index is -1.20. The van der Waals surface area contributed by atoms with Gasteiger partial charge in [0.2, 0.25) is 0 Å². The van der Waals surface area contributed by atoms with E-state index in [2.05, 4.69) is 39.0 Å². The number of benzene rings is 2. The summed E-state index contributed by atoms with van der Waals surface area (Å²) in [4.78, 5) is 39.2. The molecule has 0 unspecified atom stereocenters. The number of carbonyl (C=O) groups is 3. The van der Waals surface area contributed by atoms with Crippen LogP contribution in [-0.4, -0.2) is 65.4 Å². The molecule has 0 spiro atoms. The van der Waals surface area contributed by atoms with Crippen LogP contribution in [0.25, 0.3) is 0 Å². The van der Waals surface area contributed by atoms with Crippen molar-refractivity contribution in [1.82, 2.24) is 15.5 Å². The number of anilines is 1. The van der Waals surface area contributed by atoms with E-state index in [0.29, 0.717) is 35.1 Å². The van der Waals surface area contributed by atoms with Gasteiger partial charge in [0.25, 0.3) is 0 Å². The lowest BCUT2D eigenvalue weighted by Gasteiger charge is -2.32. The molecule has 2 aromatic rings. The molecule has 1 saturated heterocycles. The maximum atomic E-state index is 12.6. The third kappa shape index (κ3) is 8.16. The quantitative estimate of drug-likeness (QED) is 0.223. The molecule has 2 heterocycles. The summed E-state index contributed by atoms with van der Waals surface area (Å²) in [5.74, 6) is -1.94. The van der Waals surface area contributed by atoms with Gasteiger partial charge in [-0.3, -0.25) is 0 Å². The summed E-state index contributed by atoms with van der Waals surface area (Å²) in [6, 6.07) is 14.7. The van der Waals surface area contributed by atoms with E-state index in [-0.39, 0.29) is 23.3 Å². The van der Waals surface area contributed by atoms with Crippen LogP contribution in [0.1, 0.15) is 69.9 Å². The van der Waals surface area contributed by atoms with Crippen LogP contribution in [0.5, 0.6) is 5.75 Å². The minimum absolute atomic E-state index is 0.0395. The van der Waals surface area contributed by atoms with E-state index in [1.807, 2.05) is 19.9 Å². The molecule has 0 atom stereocenters. The molecule has 2 aliphatic heterocycles. The van der Waals surface area contributed by atoms with Crippen molar-refractivity contribution in [1.29, 1.82) is 0 Å². The monoisotopic (exact) mass is 590 g/mol. The second kappa shape index (κ2) is 14.2. The van der Waals surface area contributed by atoms with Crippen molar-refractivity contribution >= 4 is 23.7 Å². The number of hydrogen-bond donors (Lipinski definition) is 5. The fraction of sp³-hybridized carbons (Fsp3) is 0.424. The SMILES string of the molecule is CC1=C(C(=O)O)C(c2cccc(NC(=O)NCCCN3CCC(c4cccc(OC(C)C)c4)CC3)c2)C(C(=O)O)=C(C)N1. The second-order valence-electron chi connectivity index (χ2n) is 11.5. The van der Waals surface area contributed by atoms with Gasteiger partial charge < -0.3 is 35.8 Å². The molecule has 0 radical (unpaired) electrons. The number of aliphatic carboxylic acids is 2. The van der Waals surface area contributed by atoms with Gasteiger partial charge in [-0.05, 0) is 108 Å². The number of carbonyl (C=O) groups excluding carboxylic acids is 1. The third-order valence-corrected chi connectivity index (χ3v) is 7.92. The molecule has 2 aromatic carbocycles. The third-order valence-electron chi connectivity index (χ3n) is 7.92. The summed E-state index contributed by atoms with van der Waals surface area (Å²) in [7, 11) is 0. The van der Waals surface area contributed by atoms with Crippen LogP contribution in [0.15, 0.2) is 71.1 Å². The Morgan fingerprint density at radius 3 is 2.21 bits per heavy atom. The van der Waals surface area contributed by atoms with Crippen molar-refractivity contribution in [2.75, 3.05) is 31.5 Å². The first-order valence-corrected chi connectivity index (χ1v) is 14.8. The molecule has 0 bridgehead atoms. The van der Waals surface area contributed by atoms with Crippen LogP contribution in [0, 0.1) is 0 Å². The zero-order valence-electron chi connectivity index (χ0n) is 25.3. The zero-order valence-corrected chi connectivity index (χ0v) is 25.3. The molecule has 0 aromatic heterocycles. The molecular weight excluding hydrogens is 548 g/mol. The minimum Gasteiger partial charge on any atom is -0.491 e. The van der Waals surface area contributed by atoms with Gasteiger partial charge in [-0.15, -0.1) is 0 Å². The normalized spacial score (nSPS) is 16.7. The Bertz CT molecular complexity index is 1370. The lowest BCUT2D eigenvalue weighted by atomic mass is 9.80. The Hall–Kier alpha value is -4.31. The summed E-state index contributed by atoms with van der Waals surface area (Å²) >= 11 is 0. The molecule has 10 heteroatoms. The molecule has 10 nitrogen and oxygen atoms in total. The lowest BCUT2D eigenvalue weighted by Crippen LogP contribution is -2.36. The highest BCUT2D eigenvalue weighted by Crippen LogP contribution is 2.39. The summed E-state index contributed by atoms with van der Waals surface area (Å²) in [6.07, 6.45) is 3.13. The number of urea groups is 1. The molecule has 5 N–H and O–H groups in total. The van der Waals surface area contributed by atoms with Crippen molar-refractivity contribution in [2.45, 2.75) is 64.9 Å². The first-order valence-electron chi connectivity index (χ1n) is 14.8. The second-order valence-corrected chi connectivity index (χ2v) is 11.5. The predicted octanol–water partition coefficient (Wildman–Crippen LogP) is 5.27. The summed E-state index contributed by atoms with van der Waals surface area (Å²) < 4.78 is 5.86. The molecule has 4 rings (SSSR count). The number of piperidine rings is 1. The van der Waals surface area contributed by atoms with Crippen LogP contribution in [0.4, 0.5) is 10.5 Å². The molecule has 0 saturated carbocycles. The van der Waals surface area contributed by atoms with E-state index in [9.17, 15) is 24.6 Å². The number of hydrogen-bond acceptors (Lipinski definition) is 6. The van der Waals surface area contributed by atoms with Crippen molar-refractivity contribution in [2.24, 2.45) is 0 Å². The smallest absolute Gasteiger partial charge is 0.334 e. The topological polar surface area (TPSA) is 140 Å². The number of likely N-dealkylation sites (tertiary alicyclic amines) is 1. The number of carboxylic acids is 2. The summed E-state index contributed by atoms with van der Waals surface area (Å²) in [5.41, 5.74) is 2.93. The Labute approximate surface area is 252 Å². The van der Waals surface area contributed by atoms with Crippen molar-refractivity contribution in [3.05, 3.63) is 82.2 Å². The fourth-order valence-electron chi connectivity index (χ4n) is 5.97.